The summed E-state index contributed by atoms with van der Waals surface area (Å²) in [4.78, 5) is 0. The molecule has 1 aliphatic rings. The van der Waals surface area contributed by atoms with Crippen molar-refractivity contribution in [1.29, 1.82) is 0 Å². The molecule has 14 rings (SSSR count). The molecule has 0 fully saturated rings. The van der Waals surface area contributed by atoms with E-state index in [-0.39, 0.29) is 5.41 Å². The van der Waals surface area contributed by atoms with Crippen molar-refractivity contribution in [3.05, 3.63) is 295 Å². The van der Waals surface area contributed by atoms with E-state index >= 15 is 0 Å². The minimum Gasteiger partial charge on any atom is -0.309 e. The van der Waals surface area contributed by atoms with Crippen molar-refractivity contribution in [1.82, 2.24) is 4.57 Å². The van der Waals surface area contributed by atoms with E-state index in [1.165, 1.54) is 132 Å². The molecule has 1 heterocycles. The monoisotopic (exact) mass is 961 g/mol. The summed E-state index contributed by atoms with van der Waals surface area (Å²) in [5.41, 5.74) is 23.4. The van der Waals surface area contributed by atoms with Crippen molar-refractivity contribution < 1.29 is 0 Å². The van der Waals surface area contributed by atoms with E-state index in [0.717, 1.165) is 0 Å². The van der Waals surface area contributed by atoms with Gasteiger partial charge in [-0.15, -0.1) is 0 Å². The van der Waals surface area contributed by atoms with Gasteiger partial charge in [0.25, 0.3) is 0 Å². The summed E-state index contributed by atoms with van der Waals surface area (Å²) in [6.45, 7) is 11.1. The first kappa shape index (κ1) is 47.0. The van der Waals surface area contributed by atoms with Crippen LogP contribution in [0.4, 0.5) is 0 Å². The van der Waals surface area contributed by atoms with Gasteiger partial charge in [0, 0.05) is 21.6 Å². The van der Waals surface area contributed by atoms with Gasteiger partial charge in [-0.3, -0.25) is 0 Å². The number of hydrogen-bond acceptors (Lipinski definition) is 0. The molecule has 0 aliphatic heterocycles. The molecular weight excluding hydrogens is 903 g/mol. The van der Waals surface area contributed by atoms with Gasteiger partial charge < -0.3 is 4.57 Å². The van der Waals surface area contributed by atoms with Gasteiger partial charge in [0.15, 0.2) is 0 Å². The molecule has 0 N–H and O–H groups in total. The van der Waals surface area contributed by atoms with E-state index in [0.29, 0.717) is 0 Å². The fraction of sp³-hybridized carbons (Fsp3) is 0.0811. The van der Waals surface area contributed by atoms with Crippen LogP contribution in [0.2, 0.25) is 0 Å². The topological polar surface area (TPSA) is 4.93 Å². The van der Waals surface area contributed by atoms with Gasteiger partial charge in [0.1, 0.15) is 0 Å². The number of aryl methyl sites for hydroxylation is 3. The molecule has 1 aliphatic carbocycles. The summed E-state index contributed by atoms with van der Waals surface area (Å²) in [5.74, 6) is 0. The molecule has 13 aromatic rings. The molecule has 0 radical (unpaired) electrons. The molecule has 1 heteroatoms. The first-order valence-corrected chi connectivity index (χ1v) is 26.2. The van der Waals surface area contributed by atoms with E-state index in [9.17, 15) is 0 Å². The predicted octanol–water partition coefficient (Wildman–Crippen LogP) is 20.4. The van der Waals surface area contributed by atoms with Crippen molar-refractivity contribution in [3.63, 3.8) is 0 Å². The van der Waals surface area contributed by atoms with Gasteiger partial charge in [-0.2, -0.15) is 0 Å². The largest absolute Gasteiger partial charge is 0.309 e. The highest BCUT2D eigenvalue weighted by Crippen LogP contribution is 2.49. The molecule has 0 bridgehead atoms. The highest BCUT2D eigenvalue weighted by molar-refractivity contribution is 6.18. The van der Waals surface area contributed by atoms with Crippen molar-refractivity contribution in [2.75, 3.05) is 0 Å². The second-order valence-electron chi connectivity index (χ2n) is 20.6. The van der Waals surface area contributed by atoms with Gasteiger partial charge in [-0.1, -0.05) is 268 Å². The third kappa shape index (κ3) is 8.71. The van der Waals surface area contributed by atoms with Crippen LogP contribution in [0, 0.1) is 20.8 Å². The zero-order valence-electron chi connectivity index (χ0n) is 43.4. The molecular formula is C74H59N. The molecule has 1 aromatic heterocycles. The number of aromatic nitrogens is 1. The Labute approximate surface area is 441 Å². The van der Waals surface area contributed by atoms with Crippen molar-refractivity contribution in [2.45, 2.75) is 40.0 Å². The maximum atomic E-state index is 2.48. The summed E-state index contributed by atoms with van der Waals surface area (Å²) in [5, 5.41) is 7.62. The van der Waals surface area contributed by atoms with E-state index < -0.39 is 0 Å². The highest BCUT2D eigenvalue weighted by atomic mass is 15.0. The average molecular weight is 962 g/mol. The molecule has 0 unspecified atom stereocenters. The molecule has 0 amide bonds. The van der Waals surface area contributed by atoms with E-state index in [4.69, 9.17) is 0 Å². The summed E-state index contributed by atoms with van der Waals surface area (Å²) in [6.07, 6.45) is 0. The Morgan fingerprint density at radius 3 is 1.48 bits per heavy atom. The third-order valence-electron chi connectivity index (χ3n) is 15.5. The summed E-state index contributed by atoms with van der Waals surface area (Å²) >= 11 is 0. The van der Waals surface area contributed by atoms with Crippen LogP contribution in [0.3, 0.4) is 0 Å². The molecule has 75 heavy (non-hydrogen) atoms. The molecule has 1 nitrogen and oxygen atoms in total. The lowest BCUT2D eigenvalue weighted by Gasteiger charge is -2.21. The zero-order chi connectivity index (χ0) is 51.0. The van der Waals surface area contributed by atoms with Crippen LogP contribution in [-0.2, 0) is 5.41 Å². The van der Waals surface area contributed by atoms with Crippen LogP contribution in [0.25, 0.3) is 105 Å². The normalized spacial score (nSPS) is 12.2. The molecule has 360 valence electrons. The van der Waals surface area contributed by atoms with Gasteiger partial charge >= 0.3 is 0 Å². The Morgan fingerprint density at radius 1 is 0.280 bits per heavy atom. The Bertz CT molecular complexity index is 4200. The number of benzene rings is 12. The molecule has 0 saturated heterocycles. The van der Waals surface area contributed by atoms with Crippen LogP contribution in [0.15, 0.2) is 267 Å². The van der Waals surface area contributed by atoms with Crippen molar-refractivity contribution >= 4 is 43.4 Å². The maximum Gasteiger partial charge on any atom is 0.0547 e. The molecule has 0 saturated carbocycles. The Kier molecular flexibility index (Phi) is 12.4. The van der Waals surface area contributed by atoms with Crippen LogP contribution < -0.4 is 0 Å². The fourth-order valence-corrected chi connectivity index (χ4v) is 11.6. The predicted molar refractivity (Wildman–Crippen MR) is 322 cm³/mol. The zero-order valence-corrected chi connectivity index (χ0v) is 43.4. The van der Waals surface area contributed by atoms with Crippen LogP contribution in [-0.4, -0.2) is 4.57 Å². The second-order valence-corrected chi connectivity index (χ2v) is 20.6. The molecule has 0 spiro atoms. The molecule has 12 aromatic carbocycles. The standard InChI is InChI=1S/C45H31N.C16H16.C13H12/c1-30-23-25-38(36-18-9-8-17-34(30)36)39-26-28-42(40-20-11-10-19-37(39)40)46-43-27-24-33(31-13-4-2-5-14-31)29-41(43)45-35(21-12-22-44(45)46)32-15-6-3-7-16-32;1-11-8-9-15-13(10-11)12-6-4-5-7-14(12)16(15,2)3;1-11-7-9-13(10-8-11)12-5-3-2-4-6-12/h2-29H,1H3;4-10H,1-3H3;2-10H,1H3. The number of nitrogens with zero attached hydrogens (tertiary/aromatic N) is 1. The first-order valence-electron chi connectivity index (χ1n) is 26.2. The van der Waals surface area contributed by atoms with Gasteiger partial charge in [-0.25, -0.2) is 0 Å². The lowest BCUT2D eigenvalue weighted by atomic mass is 9.82. The van der Waals surface area contributed by atoms with Crippen LogP contribution in [0.5, 0.6) is 0 Å². The van der Waals surface area contributed by atoms with Crippen LogP contribution >= 0.6 is 0 Å². The minimum atomic E-state index is 0.152. The highest BCUT2D eigenvalue weighted by Gasteiger charge is 2.34. The number of fused-ring (bicyclic) bond motifs is 8. The van der Waals surface area contributed by atoms with E-state index in [1.54, 1.807) is 0 Å². The van der Waals surface area contributed by atoms with Gasteiger partial charge in [0.05, 0.1) is 16.7 Å². The van der Waals surface area contributed by atoms with Crippen molar-refractivity contribution in [2.24, 2.45) is 0 Å². The SMILES string of the molecule is Cc1ccc(-c2ccc(-n3c4ccc(-c5ccccc5)cc4c4c(-c5ccccc5)cccc43)c3ccccc23)c2ccccc12.Cc1ccc(-c2ccccc2)cc1.Cc1ccc2c(c1)-c1ccccc1C2(C)C. The fourth-order valence-electron chi connectivity index (χ4n) is 11.6. The van der Waals surface area contributed by atoms with E-state index in [1.807, 2.05) is 6.07 Å². The van der Waals surface area contributed by atoms with Gasteiger partial charge in [0.2, 0.25) is 0 Å². The second kappa shape index (κ2) is 19.8. The Balaban J connectivity index is 0.000000158. The lowest BCUT2D eigenvalue weighted by Crippen LogP contribution is -2.14. The average Bonchev–Trinajstić information content (AvgIpc) is 4.00. The Hall–Kier alpha value is -9.04. The van der Waals surface area contributed by atoms with Crippen molar-refractivity contribution in [3.8, 4) is 61.3 Å². The Morgan fingerprint density at radius 2 is 0.787 bits per heavy atom. The van der Waals surface area contributed by atoms with E-state index in [2.05, 4.69) is 300 Å². The summed E-state index contributed by atoms with van der Waals surface area (Å²) < 4.78 is 2.48. The van der Waals surface area contributed by atoms with Gasteiger partial charge in [-0.05, 0) is 134 Å². The lowest BCUT2D eigenvalue weighted by molar-refractivity contribution is 0.660. The third-order valence-corrected chi connectivity index (χ3v) is 15.5. The summed E-state index contributed by atoms with van der Waals surface area (Å²) in [6, 6.07) is 96.6. The maximum absolute atomic E-state index is 2.48. The smallest absolute Gasteiger partial charge is 0.0547 e. The minimum absolute atomic E-state index is 0.152. The quantitative estimate of drug-likeness (QED) is 0.162. The number of rotatable bonds is 5. The first-order chi connectivity index (χ1) is 36.7. The number of hydrogen-bond donors (Lipinski definition) is 0. The van der Waals surface area contributed by atoms with Crippen LogP contribution in [0.1, 0.15) is 41.7 Å². The summed E-state index contributed by atoms with van der Waals surface area (Å²) in [7, 11) is 0. The molecule has 0 atom stereocenters.